The molecule has 112 valence electrons. The molecular formula is C11H20O8. The minimum absolute atomic E-state index is 0.0119. The summed E-state index contributed by atoms with van der Waals surface area (Å²) in [7, 11) is 0. The molecule has 0 aliphatic heterocycles. The molecule has 6 N–H and O–H groups in total. The van der Waals surface area contributed by atoms with Crippen LogP contribution in [0.3, 0.4) is 0 Å². The Balaban J connectivity index is 4.20. The van der Waals surface area contributed by atoms with Crippen LogP contribution in [-0.4, -0.2) is 69.0 Å². The maximum Gasteiger partial charge on any atom is 0.333 e. The number of aliphatic hydroxyl groups is 6. The molecule has 0 aliphatic rings. The lowest BCUT2D eigenvalue weighted by Crippen LogP contribution is -2.35. The first-order valence-electron chi connectivity index (χ1n) is 5.54. The van der Waals surface area contributed by atoms with Gasteiger partial charge in [-0.2, -0.15) is 0 Å². The molecule has 0 atom stereocenters. The summed E-state index contributed by atoms with van der Waals surface area (Å²) in [5.74, 6) is -3.99. The zero-order chi connectivity index (χ0) is 15.1. The third kappa shape index (κ3) is 6.62. The fraction of sp³-hybridized carbons (Fsp3) is 0.727. The second-order valence-electron chi connectivity index (χ2n) is 4.41. The summed E-state index contributed by atoms with van der Waals surface area (Å²) in [5, 5.41) is 53.0. The molecule has 0 rings (SSSR count). The topological polar surface area (TPSA) is 148 Å². The number of rotatable bonds is 9. The maximum absolute atomic E-state index is 11.3. The standard InChI is InChI=1S/C11H20O8/c1-8(4-11(16,17)18)9(15)19-3-2-10(5-12,6-13)7-14/h12-14,16-18H,1-7H2. The van der Waals surface area contributed by atoms with E-state index >= 15 is 0 Å². The van der Waals surface area contributed by atoms with E-state index in [1.54, 1.807) is 0 Å². The van der Waals surface area contributed by atoms with Crippen molar-refractivity contribution in [1.82, 2.24) is 0 Å². The van der Waals surface area contributed by atoms with Crippen LogP contribution in [0.4, 0.5) is 0 Å². The maximum atomic E-state index is 11.3. The summed E-state index contributed by atoms with van der Waals surface area (Å²) >= 11 is 0. The highest BCUT2D eigenvalue weighted by Gasteiger charge is 2.29. The van der Waals surface area contributed by atoms with Crippen molar-refractivity contribution < 1.29 is 40.2 Å². The number of aliphatic hydroxyl groups excluding tert-OH is 3. The van der Waals surface area contributed by atoms with Gasteiger partial charge in [0.2, 0.25) is 0 Å². The molecule has 0 radical (unpaired) electrons. The Bertz CT molecular complexity index is 294. The van der Waals surface area contributed by atoms with Crippen molar-refractivity contribution in [3.63, 3.8) is 0 Å². The molecule has 0 heterocycles. The lowest BCUT2D eigenvalue weighted by atomic mass is 9.88. The number of carbonyl (C=O) groups is 1. The van der Waals surface area contributed by atoms with E-state index in [1.165, 1.54) is 0 Å². The van der Waals surface area contributed by atoms with E-state index in [0.29, 0.717) is 0 Å². The molecule has 0 aromatic heterocycles. The predicted octanol–water partition coefficient (Wildman–Crippen LogP) is -2.54. The summed E-state index contributed by atoms with van der Waals surface area (Å²) in [6, 6.07) is 0. The normalized spacial score (nSPS) is 12.3. The van der Waals surface area contributed by atoms with Crippen LogP contribution in [0.5, 0.6) is 0 Å². The highest BCUT2D eigenvalue weighted by atomic mass is 16.7. The third-order valence-corrected chi connectivity index (χ3v) is 2.61. The number of esters is 1. The van der Waals surface area contributed by atoms with Crippen LogP contribution in [0.1, 0.15) is 12.8 Å². The first-order valence-corrected chi connectivity index (χ1v) is 5.54. The number of hydrogen-bond acceptors (Lipinski definition) is 8. The minimum atomic E-state index is -3.04. The molecule has 0 saturated carbocycles. The molecule has 0 aliphatic carbocycles. The van der Waals surface area contributed by atoms with E-state index in [9.17, 15) is 4.79 Å². The lowest BCUT2D eigenvalue weighted by Gasteiger charge is -2.26. The first kappa shape index (κ1) is 18.0. The summed E-state index contributed by atoms with van der Waals surface area (Å²) in [6.45, 7) is 1.56. The van der Waals surface area contributed by atoms with Crippen molar-refractivity contribution in [1.29, 1.82) is 0 Å². The molecule has 0 spiro atoms. The molecule has 8 heteroatoms. The molecule has 0 bridgehead atoms. The van der Waals surface area contributed by atoms with Gasteiger partial charge in [-0.15, -0.1) is 0 Å². The van der Waals surface area contributed by atoms with E-state index < -0.39 is 43.6 Å². The molecule has 19 heavy (non-hydrogen) atoms. The largest absolute Gasteiger partial charge is 0.462 e. The summed E-state index contributed by atoms with van der Waals surface area (Å²) < 4.78 is 4.71. The Morgan fingerprint density at radius 2 is 1.53 bits per heavy atom. The van der Waals surface area contributed by atoms with Gasteiger partial charge in [0.1, 0.15) is 0 Å². The van der Waals surface area contributed by atoms with Crippen LogP contribution in [0, 0.1) is 5.41 Å². The summed E-state index contributed by atoms with van der Waals surface area (Å²) in [4.78, 5) is 11.3. The van der Waals surface area contributed by atoms with E-state index in [4.69, 9.17) is 35.4 Å². The number of carbonyl (C=O) groups excluding carboxylic acids is 1. The number of ether oxygens (including phenoxy) is 1. The fourth-order valence-electron chi connectivity index (χ4n) is 1.21. The Hall–Kier alpha value is -1.03. The average molecular weight is 280 g/mol. The molecular weight excluding hydrogens is 260 g/mol. The van der Waals surface area contributed by atoms with E-state index in [-0.39, 0.29) is 18.6 Å². The first-order chi connectivity index (χ1) is 8.69. The monoisotopic (exact) mass is 280 g/mol. The van der Waals surface area contributed by atoms with Gasteiger partial charge in [-0.05, 0) is 6.42 Å². The summed E-state index contributed by atoms with van der Waals surface area (Å²) in [6.07, 6.45) is -0.783. The van der Waals surface area contributed by atoms with Gasteiger partial charge < -0.3 is 35.4 Å². The Kier molecular flexibility index (Phi) is 7.12. The average Bonchev–Trinajstić information content (AvgIpc) is 2.33. The van der Waals surface area contributed by atoms with E-state index in [0.717, 1.165) is 0 Å². The molecule has 0 fully saturated rings. The second kappa shape index (κ2) is 7.53. The Morgan fingerprint density at radius 1 is 1.05 bits per heavy atom. The van der Waals surface area contributed by atoms with Gasteiger partial charge in [-0.3, -0.25) is 0 Å². The van der Waals surface area contributed by atoms with E-state index in [2.05, 4.69) is 6.58 Å². The van der Waals surface area contributed by atoms with Crippen LogP contribution >= 0.6 is 0 Å². The van der Waals surface area contributed by atoms with Crippen molar-refractivity contribution in [3.8, 4) is 0 Å². The van der Waals surface area contributed by atoms with Crippen molar-refractivity contribution in [2.75, 3.05) is 26.4 Å². The van der Waals surface area contributed by atoms with Gasteiger partial charge in [-0.25, -0.2) is 4.79 Å². The highest BCUT2D eigenvalue weighted by molar-refractivity contribution is 5.87. The zero-order valence-electron chi connectivity index (χ0n) is 10.4. The Labute approximate surface area is 110 Å². The van der Waals surface area contributed by atoms with Crippen molar-refractivity contribution in [2.24, 2.45) is 5.41 Å². The van der Waals surface area contributed by atoms with Gasteiger partial charge in [-0.1, -0.05) is 6.58 Å². The van der Waals surface area contributed by atoms with Crippen LogP contribution in [0.25, 0.3) is 0 Å². The van der Waals surface area contributed by atoms with Crippen LogP contribution in [0.15, 0.2) is 12.2 Å². The minimum Gasteiger partial charge on any atom is -0.462 e. The molecule has 0 saturated heterocycles. The van der Waals surface area contributed by atoms with Crippen molar-refractivity contribution in [2.45, 2.75) is 18.8 Å². The van der Waals surface area contributed by atoms with Gasteiger partial charge in [0.05, 0.1) is 32.8 Å². The van der Waals surface area contributed by atoms with Crippen molar-refractivity contribution >= 4 is 5.97 Å². The molecule has 8 nitrogen and oxygen atoms in total. The van der Waals surface area contributed by atoms with E-state index in [1.807, 2.05) is 0 Å². The number of hydrogen-bond donors (Lipinski definition) is 6. The third-order valence-electron chi connectivity index (χ3n) is 2.61. The van der Waals surface area contributed by atoms with Crippen LogP contribution in [-0.2, 0) is 9.53 Å². The quantitative estimate of drug-likeness (QED) is 0.154. The SMILES string of the molecule is C=C(CC(O)(O)O)C(=O)OCCC(CO)(CO)CO. The lowest BCUT2D eigenvalue weighted by molar-refractivity contribution is -0.309. The van der Waals surface area contributed by atoms with Crippen LogP contribution in [0.2, 0.25) is 0 Å². The Morgan fingerprint density at radius 3 is 1.89 bits per heavy atom. The smallest absolute Gasteiger partial charge is 0.333 e. The predicted molar refractivity (Wildman–Crippen MR) is 62.4 cm³/mol. The van der Waals surface area contributed by atoms with Gasteiger partial charge in [0.15, 0.2) is 0 Å². The molecule has 0 amide bonds. The molecule has 0 aromatic carbocycles. The zero-order valence-corrected chi connectivity index (χ0v) is 10.4. The van der Waals surface area contributed by atoms with Crippen molar-refractivity contribution in [3.05, 3.63) is 12.2 Å². The van der Waals surface area contributed by atoms with Gasteiger partial charge >= 0.3 is 5.97 Å². The second-order valence-corrected chi connectivity index (χ2v) is 4.41. The summed E-state index contributed by atoms with van der Waals surface area (Å²) in [5.41, 5.74) is -1.51. The van der Waals surface area contributed by atoms with Crippen LogP contribution < -0.4 is 0 Å². The van der Waals surface area contributed by atoms with Gasteiger partial charge in [0.25, 0.3) is 5.97 Å². The molecule has 0 unspecified atom stereocenters. The fourth-order valence-corrected chi connectivity index (χ4v) is 1.21. The highest BCUT2D eigenvalue weighted by Crippen LogP contribution is 2.20. The van der Waals surface area contributed by atoms with Gasteiger partial charge in [0, 0.05) is 11.0 Å². The molecule has 0 aromatic rings.